The van der Waals surface area contributed by atoms with E-state index in [2.05, 4.69) is 10.5 Å². The fourth-order valence-electron chi connectivity index (χ4n) is 2.03. The first-order valence-electron chi connectivity index (χ1n) is 7.12. The summed E-state index contributed by atoms with van der Waals surface area (Å²) in [5.41, 5.74) is 2.42. The Kier molecular flexibility index (Phi) is 4.18. The molecule has 0 saturated heterocycles. The van der Waals surface area contributed by atoms with Gasteiger partial charge in [0, 0.05) is 20.2 Å². The molecule has 0 saturated carbocycles. The molecule has 0 radical (unpaired) electrons. The van der Waals surface area contributed by atoms with E-state index >= 15 is 0 Å². The van der Waals surface area contributed by atoms with Crippen molar-refractivity contribution in [1.29, 1.82) is 0 Å². The summed E-state index contributed by atoms with van der Waals surface area (Å²) in [6, 6.07) is 10.8. The monoisotopic (exact) mass is 315 g/mol. The third-order valence-electron chi connectivity index (χ3n) is 3.22. The third-order valence-corrected chi connectivity index (χ3v) is 3.22. The van der Waals surface area contributed by atoms with Crippen molar-refractivity contribution in [2.45, 2.75) is 6.10 Å². The molecule has 120 valence electrons. The van der Waals surface area contributed by atoms with E-state index in [4.69, 9.17) is 13.9 Å². The maximum atomic E-state index is 12.0. The summed E-state index contributed by atoms with van der Waals surface area (Å²) < 4.78 is 16.6. The van der Waals surface area contributed by atoms with Crippen LogP contribution in [0.5, 0.6) is 11.5 Å². The summed E-state index contributed by atoms with van der Waals surface area (Å²) in [5.74, 6) is 2.05. The maximum Gasteiger partial charge on any atom is 0.284 e. The summed E-state index contributed by atoms with van der Waals surface area (Å²) in [6.07, 6.45) is 0.693. The Hall–Kier alpha value is -2.96. The van der Waals surface area contributed by atoms with Gasteiger partial charge in [-0.25, -0.2) is 5.43 Å². The van der Waals surface area contributed by atoms with Crippen LogP contribution in [-0.4, -0.2) is 38.9 Å². The summed E-state index contributed by atoms with van der Waals surface area (Å²) in [4.78, 5) is 13.9. The number of nitrogens with zero attached hydrogens (tertiary/aromatic N) is 2. The number of nitrogens with one attached hydrogen (secondary N) is 1. The SMILES string of the molecule is CN(C)c1ccc(/C=N\NC(=O)C2COc3ccccc3O2)o1. The van der Waals surface area contributed by atoms with Crippen LogP contribution in [0, 0.1) is 0 Å². The number of benzene rings is 1. The number of amides is 1. The molecule has 0 aliphatic carbocycles. The number of para-hydroxylation sites is 2. The molecule has 2 aromatic rings. The third kappa shape index (κ3) is 3.45. The minimum absolute atomic E-state index is 0.143. The number of fused-ring (bicyclic) bond motifs is 1. The van der Waals surface area contributed by atoms with Crippen molar-refractivity contribution in [1.82, 2.24) is 5.43 Å². The van der Waals surface area contributed by atoms with Crippen LogP contribution in [0.3, 0.4) is 0 Å². The van der Waals surface area contributed by atoms with Crippen LogP contribution in [0.15, 0.2) is 45.9 Å². The van der Waals surface area contributed by atoms with Gasteiger partial charge in [-0.15, -0.1) is 0 Å². The van der Waals surface area contributed by atoms with Gasteiger partial charge in [-0.05, 0) is 18.2 Å². The van der Waals surface area contributed by atoms with Crippen LogP contribution in [0.25, 0.3) is 0 Å². The molecule has 1 N–H and O–H groups in total. The molecule has 1 atom stereocenters. The van der Waals surface area contributed by atoms with E-state index in [-0.39, 0.29) is 12.5 Å². The number of carbonyl (C=O) groups is 1. The second-order valence-electron chi connectivity index (χ2n) is 5.17. The molecule has 7 nitrogen and oxygen atoms in total. The predicted octanol–water partition coefficient (Wildman–Crippen LogP) is 1.64. The number of rotatable bonds is 4. The van der Waals surface area contributed by atoms with Gasteiger partial charge in [-0.1, -0.05) is 12.1 Å². The molecule has 0 spiro atoms. The fourth-order valence-corrected chi connectivity index (χ4v) is 2.03. The standard InChI is InChI=1S/C16H17N3O4/c1-19(2)15-8-7-11(22-15)9-17-18-16(20)14-10-21-12-5-3-4-6-13(12)23-14/h3-9,14H,10H2,1-2H3,(H,18,20)/b17-9-. The van der Waals surface area contributed by atoms with Gasteiger partial charge in [-0.3, -0.25) is 4.79 Å². The summed E-state index contributed by atoms with van der Waals surface area (Å²) in [7, 11) is 3.75. The first-order chi connectivity index (χ1) is 11.1. The first kappa shape index (κ1) is 15.0. The summed E-state index contributed by atoms with van der Waals surface area (Å²) in [5, 5.41) is 3.87. The van der Waals surface area contributed by atoms with Crippen LogP contribution in [-0.2, 0) is 4.79 Å². The highest BCUT2D eigenvalue weighted by atomic mass is 16.6. The van der Waals surface area contributed by atoms with Crippen LogP contribution in [0.1, 0.15) is 5.76 Å². The highest BCUT2D eigenvalue weighted by molar-refractivity contribution is 5.84. The van der Waals surface area contributed by atoms with E-state index < -0.39 is 6.10 Å². The lowest BCUT2D eigenvalue weighted by atomic mass is 10.2. The van der Waals surface area contributed by atoms with Crippen molar-refractivity contribution in [3.8, 4) is 11.5 Å². The zero-order valence-corrected chi connectivity index (χ0v) is 12.9. The molecule has 2 heterocycles. The Morgan fingerprint density at radius 2 is 2.04 bits per heavy atom. The van der Waals surface area contributed by atoms with Gasteiger partial charge in [-0.2, -0.15) is 5.10 Å². The molecule has 1 aromatic carbocycles. The van der Waals surface area contributed by atoms with Gasteiger partial charge in [0.2, 0.25) is 6.10 Å². The largest absolute Gasteiger partial charge is 0.485 e. The van der Waals surface area contributed by atoms with Crippen molar-refractivity contribution < 1.29 is 18.7 Å². The van der Waals surface area contributed by atoms with E-state index in [0.717, 1.165) is 0 Å². The molecule has 0 bridgehead atoms. The molecule has 1 amide bonds. The Morgan fingerprint density at radius 1 is 1.26 bits per heavy atom. The van der Waals surface area contributed by atoms with Gasteiger partial charge in [0.05, 0.1) is 6.21 Å². The van der Waals surface area contributed by atoms with Crippen molar-refractivity contribution in [2.24, 2.45) is 5.10 Å². The summed E-state index contributed by atoms with van der Waals surface area (Å²) >= 11 is 0. The molecule has 1 unspecified atom stereocenters. The van der Waals surface area contributed by atoms with Crippen LogP contribution < -0.4 is 19.8 Å². The average Bonchev–Trinajstić information content (AvgIpc) is 3.03. The lowest BCUT2D eigenvalue weighted by Crippen LogP contribution is -2.42. The van der Waals surface area contributed by atoms with E-state index in [1.54, 1.807) is 18.2 Å². The maximum absolute atomic E-state index is 12.0. The van der Waals surface area contributed by atoms with Crippen molar-refractivity contribution in [2.75, 3.05) is 25.6 Å². The van der Waals surface area contributed by atoms with Crippen molar-refractivity contribution in [3.05, 3.63) is 42.2 Å². The second-order valence-corrected chi connectivity index (χ2v) is 5.17. The Bertz CT molecular complexity index is 724. The molecule has 1 aliphatic rings. The average molecular weight is 315 g/mol. The Labute approximate surface area is 133 Å². The Balaban J connectivity index is 1.56. The van der Waals surface area contributed by atoms with Gasteiger partial charge in [0.15, 0.2) is 17.4 Å². The topological polar surface area (TPSA) is 76.3 Å². The van der Waals surface area contributed by atoms with E-state index in [1.807, 2.05) is 37.2 Å². The minimum atomic E-state index is -0.740. The van der Waals surface area contributed by atoms with Gasteiger partial charge < -0.3 is 18.8 Å². The van der Waals surface area contributed by atoms with Gasteiger partial charge in [0.25, 0.3) is 5.91 Å². The number of ether oxygens (including phenoxy) is 2. The molecular weight excluding hydrogens is 298 g/mol. The molecule has 1 aromatic heterocycles. The molecule has 1 aliphatic heterocycles. The zero-order valence-electron chi connectivity index (χ0n) is 12.9. The van der Waals surface area contributed by atoms with E-state index in [0.29, 0.717) is 23.1 Å². The van der Waals surface area contributed by atoms with Gasteiger partial charge in [0.1, 0.15) is 12.4 Å². The molecule has 3 rings (SSSR count). The molecule has 23 heavy (non-hydrogen) atoms. The lowest BCUT2D eigenvalue weighted by molar-refractivity contribution is -0.130. The van der Waals surface area contributed by atoms with E-state index in [9.17, 15) is 4.79 Å². The number of hydrogen-bond acceptors (Lipinski definition) is 6. The second kappa shape index (κ2) is 6.43. The smallest absolute Gasteiger partial charge is 0.284 e. The number of hydrogen-bond donors (Lipinski definition) is 1. The highest BCUT2D eigenvalue weighted by Gasteiger charge is 2.26. The quantitative estimate of drug-likeness (QED) is 0.685. The van der Waals surface area contributed by atoms with Crippen LogP contribution in [0.2, 0.25) is 0 Å². The molecule has 0 fully saturated rings. The first-order valence-corrected chi connectivity index (χ1v) is 7.12. The lowest BCUT2D eigenvalue weighted by Gasteiger charge is -2.24. The number of carbonyl (C=O) groups excluding carboxylic acids is 1. The molecular formula is C16H17N3O4. The molecule has 7 heteroatoms. The number of hydrazone groups is 1. The minimum Gasteiger partial charge on any atom is -0.485 e. The van der Waals surface area contributed by atoms with Gasteiger partial charge >= 0.3 is 0 Å². The van der Waals surface area contributed by atoms with E-state index in [1.165, 1.54) is 6.21 Å². The normalized spacial score (nSPS) is 16.3. The fraction of sp³-hybridized carbons (Fsp3) is 0.250. The Morgan fingerprint density at radius 3 is 2.78 bits per heavy atom. The highest BCUT2D eigenvalue weighted by Crippen LogP contribution is 2.30. The van der Waals surface area contributed by atoms with Crippen molar-refractivity contribution >= 4 is 18.0 Å². The van der Waals surface area contributed by atoms with Crippen molar-refractivity contribution in [3.63, 3.8) is 0 Å². The number of furan rings is 1. The van der Waals surface area contributed by atoms with Crippen LogP contribution in [0.4, 0.5) is 5.88 Å². The zero-order chi connectivity index (χ0) is 16.2. The summed E-state index contributed by atoms with van der Waals surface area (Å²) in [6.45, 7) is 0.143. The predicted molar refractivity (Wildman–Crippen MR) is 85.1 cm³/mol. The number of anilines is 1. The van der Waals surface area contributed by atoms with Crippen LogP contribution >= 0.6 is 0 Å².